The van der Waals surface area contributed by atoms with Crippen LogP contribution in [0.15, 0.2) is 0 Å². The minimum atomic E-state index is -1.22. The SMILES string of the molecule is CC(C)C[C@H](NC(=O)[C@H](CC(C)C)NC(=O)[C@H](CC(C)C)NC(=O)[C@@H](N)CC(C)C)C(=O)N[C@@H](CC(C)C)C(=O)N[C@H](C(=O)NCC(=O)NCC(=O)N[C@H](C(=O)O)C(C)C)C(C)C. The molecule has 19 nitrogen and oxygen atoms in total. The molecule has 0 spiro atoms. The number of hydrogen-bond donors (Lipinski definition) is 10. The van der Waals surface area contributed by atoms with E-state index in [4.69, 9.17) is 5.73 Å². The van der Waals surface area contributed by atoms with Crippen LogP contribution in [0.4, 0.5) is 0 Å². The fraction of sp³-hybridized carbons (Fsp3) is 0.795. The van der Waals surface area contributed by atoms with E-state index in [1.54, 1.807) is 27.7 Å². The smallest absolute Gasteiger partial charge is 0.326 e. The Bertz CT molecular complexity index is 1530. The molecule has 0 rings (SSSR count). The Kier molecular flexibility index (Phi) is 26.6. The summed E-state index contributed by atoms with van der Waals surface area (Å²) < 4.78 is 0. The highest BCUT2D eigenvalue weighted by atomic mass is 16.4. The summed E-state index contributed by atoms with van der Waals surface area (Å²) in [6.45, 7) is 24.4. The van der Waals surface area contributed by atoms with E-state index in [1.165, 1.54) is 0 Å². The average molecular weight is 896 g/mol. The van der Waals surface area contributed by atoms with Crippen LogP contribution in [0.1, 0.15) is 129 Å². The van der Waals surface area contributed by atoms with Gasteiger partial charge in [-0.3, -0.25) is 38.4 Å². The molecule has 8 amide bonds. The molecule has 0 heterocycles. The number of nitrogens with one attached hydrogen (secondary N) is 8. The summed E-state index contributed by atoms with van der Waals surface area (Å²) in [6, 6.07) is -7.36. The lowest BCUT2D eigenvalue weighted by molar-refractivity contribution is -0.143. The van der Waals surface area contributed by atoms with Crippen LogP contribution in [0.2, 0.25) is 0 Å². The Hall–Kier alpha value is -4.81. The summed E-state index contributed by atoms with van der Waals surface area (Å²) in [5.41, 5.74) is 6.10. The van der Waals surface area contributed by atoms with Gasteiger partial charge in [-0.05, 0) is 73.5 Å². The van der Waals surface area contributed by atoms with Gasteiger partial charge in [0.2, 0.25) is 47.3 Å². The van der Waals surface area contributed by atoms with Crippen molar-refractivity contribution < 1.29 is 48.3 Å². The predicted molar refractivity (Wildman–Crippen MR) is 240 cm³/mol. The molecular formula is C44H81N9O10. The van der Waals surface area contributed by atoms with E-state index in [0.717, 1.165) is 0 Å². The van der Waals surface area contributed by atoms with Crippen LogP contribution >= 0.6 is 0 Å². The van der Waals surface area contributed by atoms with Crippen molar-refractivity contribution in [3.05, 3.63) is 0 Å². The number of rotatable bonds is 29. The number of amides is 8. The largest absolute Gasteiger partial charge is 0.480 e. The second kappa shape index (κ2) is 28.8. The van der Waals surface area contributed by atoms with Crippen molar-refractivity contribution in [1.82, 2.24) is 42.5 Å². The number of nitrogens with two attached hydrogens (primary N) is 1. The monoisotopic (exact) mass is 896 g/mol. The van der Waals surface area contributed by atoms with Crippen molar-refractivity contribution in [3.63, 3.8) is 0 Å². The fourth-order valence-electron chi connectivity index (χ4n) is 6.57. The highest BCUT2D eigenvalue weighted by Crippen LogP contribution is 2.14. The fourth-order valence-corrected chi connectivity index (χ4v) is 6.57. The van der Waals surface area contributed by atoms with Gasteiger partial charge in [0.1, 0.15) is 36.3 Å². The van der Waals surface area contributed by atoms with Crippen LogP contribution in [0.3, 0.4) is 0 Å². The Morgan fingerprint density at radius 1 is 0.381 bits per heavy atom. The molecule has 0 aromatic rings. The van der Waals surface area contributed by atoms with Crippen molar-refractivity contribution in [2.24, 2.45) is 47.2 Å². The van der Waals surface area contributed by atoms with Crippen LogP contribution < -0.4 is 48.3 Å². The van der Waals surface area contributed by atoms with Crippen LogP contribution in [-0.2, 0) is 43.2 Å². The molecule has 11 N–H and O–H groups in total. The molecular weight excluding hydrogens is 815 g/mol. The molecule has 0 unspecified atom stereocenters. The first-order valence-electron chi connectivity index (χ1n) is 22.4. The normalized spacial score (nSPS) is 15.0. The highest BCUT2D eigenvalue weighted by molar-refractivity contribution is 5.97. The quantitative estimate of drug-likeness (QED) is 0.0507. The Balaban J connectivity index is 6.07. The number of aliphatic carboxylic acids is 1. The van der Waals surface area contributed by atoms with Crippen LogP contribution in [0.5, 0.6) is 0 Å². The van der Waals surface area contributed by atoms with E-state index in [-0.39, 0.29) is 48.9 Å². The number of carboxylic acids is 1. The zero-order valence-corrected chi connectivity index (χ0v) is 40.2. The van der Waals surface area contributed by atoms with Crippen LogP contribution in [0.25, 0.3) is 0 Å². The maximum atomic E-state index is 14.0. The van der Waals surface area contributed by atoms with Crippen molar-refractivity contribution in [2.45, 2.75) is 171 Å². The Morgan fingerprint density at radius 3 is 1.02 bits per heavy atom. The number of carbonyl (C=O) groups is 9. The maximum Gasteiger partial charge on any atom is 0.326 e. The minimum Gasteiger partial charge on any atom is -0.480 e. The van der Waals surface area contributed by atoms with E-state index in [0.29, 0.717) is 12.8 Å². The molecule has 0 radical (unpaired) electrons. The van der Waals surface area contributed by atoms with Crippen LogP contribution in [-0.4, -0.2) is 114 Å². The zero-order valence-electron chi connectivity index (χ0n) is 40.2. The third-order valence-electron chi connectivity index (χ3n) is 9.79. The first kappa shape index (κ1) is 58.2. The van der Waals surface area contributed by atoms with E-state index in [2.05, 4.69) is 42.5 Å². The van der Waals surface area contributed by atoms with Gasteiger partial charge in [0.25, 0.3) is 0 Å². The second-order valence-corrected chi connectivity index (χ2v) is 19.4. The molecule has 19 heteroatoms. The summed E-state index contributed by atoms with van der Waals surface area (Å²) in [4.78, 5) is 118. The van der Waals surface area contributed by atoms with E-state index < -0.39 is 120 Å². The summed E-state index contributed by atoms with van der Waals surface area (Å²) in [6.07, 6.45) is 1.31. The predicted octanol–water partition coefficient (Wildman–Crippen LogP) is 1.08. The van der Waals surface area contributed by atoms with Gasteiger partial charge in [-0.15, -0.1) is 0 Å². The molecule has 63 heavy (non-hydrogen) atoms. The van der Waals surface area contributed by atoms with Crippen LogP contribution in [0, 0.1) is 41.4 Å². The summed E-state index contributed by atoms with van der Waals surface area (Å²) >= 11 is 0. The van der Waals surface area contributed by atoms with Crippen molar-refractivity contribution >= 4 is 53.2 Å². The van der Waals surface area contributed by atoms with E-state index in [1.807, 2.05) is 69.2 Å². The van der Waals surface area contributed by atoms with Gasteiger partial charge >= 0.3 is 5.97 Å². The molecule has 0 aliphatic carbocycles. The third kappa shape index (κ3) is 24.0. The number of hydrogen-bond acceptors (Lipinski definition) is 10. The van der Waals surface area contributed by atoms with Gasteiger partial charge in [0, 0.05) is 0 Å². The first-order chi connectivity index (χ1) is 29.0. The van der Waals surface area contributed by atoms with Gasteiger partial charge in [0.15, 0.2) is 0 Å². The second-order valence-electron chi connectivity index (χ2n) is 19.4. The Labute approximate surface area is 374 Å². The lowest BCUT2D eigenvalue weighted by Gasteiger charge is -2.29. The lowest BCUT2D eigenvalue weighted by Crippen LogP contribution is -2.60. The summed E-state index contributed by atoms with van der Waals surface area (Å²) in [5.74, 6) is -7.25. The maximum absolute atomic E-state index is 14.0. The molecule has 0 aromatic heterocycles. The summed E-state index contributed by atoms with van der Waals surface area (Å²) in [5, 5.41) is 30.2. The molecule has 0 saturated carbocycles. The Morgan fingerprint density at radius 2 is 0.698 bits per heavy atom. The standard InChI is InChI=1S/C44H81N9O10/c1-22(2)15-29(45)38(56)48-30(16-23(3)4)39(57)49-31(17-24(5)6)40(58)50-32(18-25(7)8)41(59)51-33(19-26(9)10)42(60)53-36(27(11)12)43(61)47-20-34(54)46-21-35(55)52-37(28(13)14)44(62)63/h22-33,36-37H,15-21,45H2,1-14H3,(H,46,54)(H,47,61)(H,48,56)(H,49,57)(H,50,58)(H,51,59)(H,52,55)(H,53,60)(H,62,63)/t29-,30-,31-,32-,33-,36-,37-/m0/s1. The molecule has 0 bridgehead atoms. The van der Waals surface area contributed by atoms with Crippen molar-refractivity contribution in [1.29, 1.82) is 0 Å². The van der Waals surface area contributed by atoms with Gasteiger partial charge in [0.05, 0.1) is 19.1 Å². The molecule has 362 valence electrons. The molecule has 0 aliphatic heterocycles. The molecule has 7 atom stereocenters. The topological polar surface area (TPSA) is 296 Å². The molecule has 0 aromatic carbocycles. The van der Waals surface area contributed by atoms with E-state index in [9.17, 15) is 48.3 Å². The van der Waals surface area contributed by atoms with Gasteiger partial charge < -0.3 is 53.4 Å². The average Bonchev–Trinajstić information content (AvgIpc) is 3.14. The van der Waals surface area contributed by atoms with Gasteiger partial charge in [-0.1, -0.05) is 96.9 Å². The molecule has 0 fully saturated rings. The first-order valence-corrected chi connectivity index (χ1v) is 22.4. The zero-order chi connectivity index (χ0) is 48.9. The minimum absolute atomic E-state index is 0.0185. The third-order valence-corrected chi connectivity index (χ3v) is 9.79. The van der Waals surface area contributed by atoms with E-state index >= 15 is 0 Å². The number of carboxylic acid groups (broad SMARTS) is 1. The molecule has 0 saturated heterocycles. The van der Waals surface area contributed by atoms with Crippen molar-refractivity contribution in [3.8, 4) is 0 Å². The summed E-state index contributed by atoms with van der Waals surface area (Å²) in [7, 11) is 0. The highest BCUT2D eigenvalue weighted by Gasteiger charge is 2.35. The lowest BCUT2D eigenvalue weighted by atomic mass is 9.97. The van der Waals surface area contributed by atoms with Gasteiger partial charge in [-0.2, -0.15) is 0 Å². The van der Waals surface area contributed by atoms with Gasteiger partial charge in [-0.25, -0.2) is 4.79 Å². The number of carbonyl (C=O) groups excluding carboxylic acids is 8. The molecule has 0 aliphatic rings. The van der Waals surface area contributed by atoms with Crippen molar-refractivity contribution in [2.75, 3.05) is 13.1 Å².